The fraction of sp³-hybridized carbons (Fsp3) is 0. The Morgan fingerprint density at radius 2 is 1.50 bits per heavy atom. The van der Waals surface area contributed by atoms with Crippen LogP contribution < -0.4 is 18.9 Å². The van der Waals surface area contributed by atoms with E-state index in [9.17, 15) is 0 Å². The Morgan fingerprint density at radius 3 is 1.50 bits per heavy atom. The van der Waals surface area contributed by atoms with E-state index in [1.54, 1.807) is 15.9 Å². The molecular weight excluding hydrogens is 287 g/mol. The zero-order valence-electron chi connectivity index (χ0n) is 3.49. The van der Waals surface area contributed by atoms with Gasteiger partial charge in [0, 0.05) is 0 Å². The van der Waals surface area contributed by atoms with Crippen LogP contribution in [0.3, 0.4) is 0 Å². The third-order valence-electron chi connectivity index (χ3n) is 0. The number of hydrogen-bond donors (Lipinski definition) is 0. The van der Waals surface area contributed by atoms with E-state index in [4.69, 9.17) is 3.83 Å². The summed E-state index contributed by atoms with van der Waals surface area (Å²) < 4.78 is 8.06. The third kappa shape index (κ3) is 9.20. The van der Waals surface area contributed by atoms with Gasteiger partial charge in [-0.05, 0) is 0 Å². The fourth-order valence-electron chi connectivity index (χ4n) is 0. The van der Waals surface area contributed by atoms with Gasteiger partial charge in [0.15, 0.2) is 0 Å². The third-order valence-corrected chi connectivity index (χ3v) is 0. The molecule has 4 heteroatoms. The SMILES string of the molecule is [BiH3].[H-].[Li+].[O]=[Mn]. The molecule has 1 nitrogen and oxygen atoms in total. The van der Waals surface area contributed by atoms with Crippen molar-refractivity contribution in [2.24, 2.45) is 0 Å². The molecule has 0 saturated carbocycles. The second-order valence-corrected chi connectivity index (χ2v) is 0. The van der Waals surface area contributed by atoms with Crippen molar-refractivity contribution in [2.75, 3.05) is 0 Å². The summed E-state index contributed by atoms with van der Waals surface area (Å²) in [6, 6.07) is 0. The normalized spacial score (nSPS) is 1.00. The fourth-order valence-corrected chi connectivity index (χ4v) is 0. The number of hydrogen-bond acceptors (Lipinski definition) is 1. The zero-order chi connectivity index (χ0) is 2.00. The first-order valence-corrected chi connectivity index (χ1v) is 0.636. The summed E-state index contributed by atoms with van der Waals surface area (Å²) in [4.78, 5) is 0. The van der Waals surface area contributed by atoms with Crippen molar-refractivity contribution in [3.05, 3.63) is 0 Å². The molecule has 0 amide bonds. The van der Waals surface area contributed by atoms with Gasteiger partial charge < -0.3 is 1.43 Å². The molecule has 0 atom stereocenters. The van der Waals surface area contributed by atoms with E-state index in [2.05, 4.69) is 0 Å². The van der Waals surface area contributed by atoms with Crippen LogP contribution in [-0.2, 0) is 19.8 Å². The summed E-state index contributed by atoms with van der Waals surface area (Å²) in [5.74, 6) is 0. The molecule has 0 aliphatic rings. The molecule has 0 aromatic carbocycles. The van der Waals surface area contributed by atoms with Crippen LogP contribution in [0.2, 0.25) is 0 Å². The van der Waals surface area contributed by atoms with Crippen LogP contribution in [0.4, 0.5) is 0 Å². The van der Waals surface area contributed by atoms with E-state index in [1.807, 2.05) is 0 Å². The van der Waals surface area contributed by atoms with Gasteiger partial charge in [-0.3, -0.25) is 0 Å². The van der Waals surface area contributed by atoms with E-state index in [0.717, 1.165) is 0 Å². The molecule has 0 aromatic rings. The summed E-state index contributed by atoms with van der Waals surface area (Å²) in [6.07, 6.45) is 0. The van der Waals surface area contributed by atoms with Crippen LogP contribution in [0, 0.1) is 0 Å². The molecule has 0 N–H and O–H groups in total. The first-order valence-electron chi connectivity index (χ1n) is 0.154. The zero-order valence-corrected chi connectivity index (χ0v) is 9.17. The first-order chi connectivity index (χ1) is 1.00. The summed E-state index contributed by atoms with van der Waals surface area (Å²) in [5, 5.41) is 0. The Balaban J connectivity index is -0.00000000167. The van der Waals surface area contributed by atoms with Crippen LogP contribution in [-0.4, -0.2) is 26.2 Å². The quantitative estimate of drug-likeness (QED) is 0.414. The maximum atomic E-state index is 8.06. The van der Waals surface area contributed by atoms with Crippen LogP contribution in [0.1, 0.15) is 1.43 Å². The van der Waals surface area contributed by atoms with Crippen LogP contribution in [0.5, 0.6) is 0 Å². The van der Waals surface area contributed by atoms with Crippen molar-refractivity contribution < 1.29 is 40.1 Å². The topological polar surface area (TPSA) is 17.1 Å². The van der Waals surface area contributed by atoms with Crippen molar-refractivity contribution in [2.45, 2.75) is 0 Å². The van der Waals surface area contributed by atoms with Crippen molar-refractivity contribution >= 4 is 26.2 Å². The molecule has 0 saturated heterocycles. The molecular formula is H4BiLiMnO. The Morgan fingerprint density at radius 1 is 1.50 bits per heavy atom. The van der Waals surface area contributed by atoms with Gasteiger partial charge in [0.1, 0.15) is 0 Å². The molecule has 0 spiro atoms. The predicted octanol–water partition coefficient (Wildman–Crippen LogP) is -4.19. The van der Waals surface area contributed by atoms with Crippen molar-refractivity contribution in [1.82, 2.24) is 0 Å². The van der Waals surface area contributed by atoms with Crippen molar-refractivity contribution in [3.8, 4) is 0 Å². The van der Waals surface area contributed by atoms with Gasteiger partial charge in [-0.2, -0.15) is 0 Å². The Bertz CT molecular complexity index is 11.6. The predicted molar refractivity (Wildman–Crippen MR) is 11.7 cm³/mol. The molecule has 0 radical (unpaired) electrons. The van der Waals surface area contributed by atoms with E-state index in [0.29, 0.717) is 0 Å². The molecule has 0 unspecified atom stereocenters. The summed E-state index contributed by atoms with van der Waals surface area (Å²) in [7, 11) is 0. The molecule has 0 bridgehead atoms. The van der Waals surface area contributed by atoms with Gasteiger partial charge in [-0.1, -0.05) is 0 Å². The van der Waals surface area contributed by atoms with Crippen LogP contribution in [0.15, 0.2) is 0 Å². The molecule has 0 aliphatic heterocycles. The number of rotatable bonds is 0. The first kappa shape index (κ1) is 17.0. The van der Waals surface area contributed by atoms with Gasteiger partial charge >= 0.3 is 64.8 Å². The summed E-state index contributed by atoms with van der Waals surface area (Å²) in [6.45, 7) is 0. The van der Waals surface area contributed by atoms with Gasteiger partial charge in [-0.15, -0.1) is 0 Å². The average Bonchev–Trinajstić information content (AvgIpc) is 1.00. The van der Waals surface area contributed by atoms with Gasteiger partial charge in [-0.25, -0.2) is 0 Å². The van der Waals surface area contributed by atoms with Gasteiger partial charge in [0.25, 0.3) is 0 Å². The standard InChI is InChI=1S/Bi.Li.Mn.O.4H/q;+1;;;;;;-1. The molecule has 0 aliphatic carbocycles. The van der Waals surface area contributed by atoms with E-state index in [1.165, 1.54) is 0 Å². The second kappa shape index (κ2) is 21.4. The summed E-state index contributed by atoms with van der Waals surface area (Å²) >= 11 is 1.69. The molecule has 4 heavy (non-hydrogen) atoms. The Labute approximate surface area is 65.7 Å². The van der Waals surface area contributed by atoms with Crippen molar-refractivity contribution in [1.29, 1.82) is 0 Å². The maximum absolute atomic E-state index is 8.06. The second-order valence-electron chi connectivity index (χ2n) is 0. The van der Waals surface area contributed by atoms with Gasteiger partial charge in [0.2, 0.25) is 0 Å². The van der Waals surface area contributed by atoms with Crippen molar-refractivity contribution in [3.63, 3.8) is 0 Å². The van der Waals surface area contributed by atoms with E-state index in [-0.39, 0.29) is 46.5 Å². The monoisotopic (exact) mass is 291 g/mol. The Kier molecular flexibility index (Phi) is 91.2. The molecule has 0 fully saturated rings. The molecule has 0 heterocycles. The van der Waals surface area contributed by atoms with Crippen LogP contribution >= 0.6 is 0 Å². The average molecular weight is 291 g/mol. The summed E-state index contributed by atoms with van der Waals surface area (Å²) in [5.41, 5.74) is 0. The minimum atomic E-state index is 0. The van der Waals surface area contributed by atoms with Crippen LogP contribution in [0.25, 0.3) is 0 Å². The minimum absolute atomic E-state index is 0. The molecule has 23 valence electrons. The van der Waals surface area contributed by atoms with E-state index >= 15 is 0 Å². The van der Waals surface area contributed by atoms with E-state index < -0.39 is 0 Å². The molecule has 0 aromatic heterocycles. The molecule has 0 rings (SSSR count). The van der Waals surface area contributed by atoms with Gasteiger partial charge in [0.05, 0.1) is 0 Å². The Hall–Kier alpha value is 1.80.